The lowest BCUT2D eigenvalue weighted by atomic mass is 10.0. The van der Waals surface area contributed by atoms with Crippen LogP contribution in [0.4, 0.5) is 13.2 Å². The normalized spacial score (nSPS) is 13.4. The minimum Gasteiger partial charge on any atom is -0.361 e. The van der Waals surface area contributed by atoms with Gasteiger partial charge in [0.1, 0.15) is 6.54 Å². The number of benzene rings is 1. The Morgan fingerprint density at radius 3 is 2.71 bits per heavy atom. The van der Waals surface area contributed by atoms with Crippen LogP contribution in [0.1, 0.15) is 5.56 Å². The summed E-state index contributed by atoms with van der Waals surface area (Å²) in [5, 5.41) is 0.916. The molecule has 1 heterocycles. The van der Waals surface area contributed by atoms with Crippen molar-refractivity contribution in [1.82, 2.24) is 9.88 Å². The quantitative estimate of drug-likeness (QED) is 0.907. The Morgan fingerprint density at radius 1 is 1.38 bits per heavy atom. The van der Waals surface area contributed by atoms with Gasteiger partial charge in [-0.25, -0.2) is 0 Å². The Balaban J connectivity index is 2.07. The van der Waals surface area contributed by atoms with Gasteiger partial charge in [-0.1, -0.05) is 18.2 Å². The van der Waals surface area contributed by atoms with Crippen molar-refractivity contribution >= 4 is 16.8 Å². The molecule has 0 radical (unpaired) electrons. The number of hydrogen-bond donors (Lipinski definition) is 2. The first-order chi connectivity index (χ1) is 9.78. The summed E-state index contributed by atoms with van der Waals surface area (Å²) in [6.45, 7) is -1.30. The summed E-state index contributed by atoms with van der Waals surface area (Å²) in [5.41, 5.74) is 7.46. The van der Waals surface area contributed by atoms with Crippen LogP contribution in [-0.4, -0.2) is 41.6 Å². The molecule has 2 rings (SSSR count). The summed E-state index contributed by atoms with van der Waals surface area (Å²) in [5.74, 6) is -0.724. The van der Waals surface area contributed by atoms with Gasteiger partial charge in [-0.3, -0.25) is 4.79 Å². The molecular formula is C14H16F3N3O. The fraction of sp³-hybridized carbons (Fsp3) is 0.357. The van der Waals surface area contributed by atoms with Crippen molar-refractivity contribution in [2.24, 2.45) is 5.73 Å². The van der Waals surface area contributed by atoms with E-state index in [1.54, 1.807) is 6.20 Å². The minimum atomic E-state index is -4.43. The van der Waals surface area contributed by atoms with Crippen LogP contribution in [0.15, 0.2) is 30.5 Å². The predicted octanol–water partition coefficient (Wildman–Crippen LogP) is 2.06. The number of alkyl halides is 3. The van der Waals surface area contributed by atoms with Crippen molar-refractivity contribution in [3.8, 4) is 0 Å². The fourth-order valence-corrected chi connectivity index (χ4v) is 2.25. The van der Waals surface area contributed by atoms with Gasteiger partial charge in [0.15, 0.2) is 0 Å². The van der Waals surface area contributed by atoms with Gasteiger partial charge in [-0.05, 0) is 18.1 Å². The number of amides is 1. The number of carbonyl (C=O) groups is 1. The van der Waals surface area contributed by atoms with Gasteiger partial charge in [0.25, 0.3) is 0 Å². The molecule has 0 aliphatic rings. The van der Waals surface area contributed by atoms with E-state index >= 15 is 0 Å². The van der Waals surface area contributed by atoms with Crippen molar-refractivity contribution in [2.75, 3.05) is 13.6 Å². The lowest BCUT2D eigenvalue weighted by Gasteiger charge is -2.22. The first-order valence-corrected chi connectivity index (χ1v) is 6.40. The number of nitrogens with one attached hydrogen (secondary N) is 1. The topological polar surface area (TPSA) is 62.1 Å². The van der Waals surface area contributed by atoms with Crippen molar-refractivity contribution < 1.29 is 18.0 Å². The number of halogens is 3. The molecule has 4 nitrogen and oxygen atoms in total. The number of aromatic amines is 1. The van der Waals surface area contributed by atoms with Crippen LogP contribution >= 0.6 is 0 Å². The van der Waals surface area contributed by atoms with Crippen LogP contribution in [0, 0.1) is 0 Å². The van der Waals surface area contributed by atoms with E-state index in [2.05, 4.69) is 4.98 Å². The molecule has 0 fully saturated rings. The number of fused-ring (bicyclic) bond motifs is 1. The van der Waals surface area contributed by atoms with Crippen LogP contribution < -0.4 is 5.73 Å². The number of para-hydroxylation sites is 1. The molecule has 1 amide bonds. The highest BCUT2D eigenvalue weighted by Crippen LogP contribution is 2.20. The molecule has 21 heavy (non-hydrogen) atoms. The van der Waals surface area contributed by atoms with Gasteiger partial charge in [0.05, 0.1) is 6.04 Å². The summed E-state index contributed by atoms with van der Waals surface area (Å²) in [6, 6.07) is 6.46. The molecule has 1 atom stereocenters. The van der Waals surface area contributed by atoms with Crippen molar-refractivity contribution in [3.63, 3.8) is 0 Å². The molecule has 2 aromatic rings. The van der Waals surface area contributed by atoms with E-state index in [0.29, 0.717) is 4.90 Å². The number of H-pyrrole nitrogens is 1. The Hall–Kier alpha value is -2.02. The second kappa shape index (κ2) is 5.77. The molecule has 0 aliphatic carbocycles. The van der Waals surface area contributed by atoms with Crippen LogP contribution in [0.25, 0.3) is 10.9 Å². The molecule has 1 aromatic heterocycles. The van der Waals surface area contributed by atoms with E-state index in [0.717, 1.165) is 23.5 Å². The Labute approximate surface area is 119 Å². The number of aromatic nitrogens is 1. The zero-order chi connectivity index (χ0) is 15.6. The van der Waals surface area contributed by atoms with Gasteiger partial charge in [0.2, 0.25) is 5.91 Å². The monoisotopic (exact) mass is 299 g/mol. The first-order valence-electron chi connectivity index (χ1n) is 6.40. The number of carbonyl (C=O) groups excluding carboxylic acids is 1. The standard InChI is InChI=1S/C14H16F3N3O/c1-20(8-14(15,16)17)13(21)11(18)6-9-7-19-12-5-3-2-4-10(9)12/h2-5,7,11,19H,6,8,18H2,1H3/t11-/m0/s1. The SMILES string of the molecule is CN(CC(F)(F)F)C(=O)[C@@H](N)Cc1c[nH]c2ccccc12. The van der Waals surface area contributed by atoms with Gasteiger partial charge in [0, 0.05) is 24.1 Å². The molecule has 0 spiro atoms. The lowest BCUT2D eigenvalue weighted by molar-refractivity contribution is -0.159. The van der Waals surface area contributed by atoms with Gasteiger partial charge in [-0.15, -0.1) is 0 Å². The third kappa shape index (κ3) is 3.75. The van der Waals surface area contributed by atoms with Crippen molar-refractivity contribution in [3.05, 3.63) is 36.0 Å². The highest BCUT2D eigenvalue weighted by Gasteiger charge is 2.32. The van der Waals surface area contributed by atoms with Crippen molar-refractivity contribution in [1.29, 1.82) is 0 Å². The number of hydrogen-bond acceptors (Lipinski definition) is 2. The largest absolute Gasteiger partial charge is 0.406 e. The molecular weight excluding hydrogens is 283 g/mol. The first kappa shape index (κ1) is 15.4. The van der Waals surface area contributed by atoms with E-state index in [1.807, 2.05) is 24.3 Å². The Kier molecular flexibility index (Phi) is 4.22. The maximum Gasteiger partial charge on any atom is 0.406 e. The molecule has 3 N–H and O–H groups in total. The van der Waals surface area contributed by atoms with E-state index in [9.17, 15) is 18.0 Å². The third-order valence-electron chi connectivity index (χ3n) is 3.22. The van der Waals surface area contributed by atoms with Crippen molar-refractivity contribution in [2.45, 2.75) is 18.6 Å². The number of rotatable bonds is 4. The third-order valence-corrected chi connectivity index (χ3v) is 3.22. The van der Waals surface area contributed by atoms with Crippen LogP contribution in [-0.2, 0) is 11.2 Å². The zero-order valence-electron chi connectivity index (χ0n) is 11.4. The van der Waals surface area contributed by atoms with Crippen LogP contribution in [0.3, 0.4) is 0 Å². The molecule has 0 saturated carbocycles. The fourth-order valence-electron chi connectivity index (χ4n) is 2.25. The highest BCUT2D eigenvalue weighted by atomic mass is 19.4. The number of nitrogens with two attached hydrogens (primary N) is 1. The number of nitrogens with zero attached hydrogens (tertiary/aromatic N) is 1. The van der Waals surface area contributed by atoms with Gasteiger partial charge >= 0.3 is 6.18 Å². The van der Waals surface area contributed by atoms with Crippen LogP contribution in [0.5, 0.6) is 0 Å². The molecule has 1 aromatic carbocycles. The number of likely N-dealkylation sites (N-methyl/N-ethyl adjacent to an activating group) is 1. The summed E-state index contributed by atoms with van der Waals surface area (Å²) in [7, 11) is 1.10. The van der Waals surface area contributed by atoms with Gasteiger partial charge < -0.3 is 15.6 Å². The summed E-state index contributed by atoms with van der Waals surface area (Å²) < 4.78 is 36.8. The van der Waals surface area contributed by atoms with Gasteiger partial charge in [-0.2, -0.15) is 13.2 Å². The molecule has 0 saturated heterocycles. The van der Waals surface area contributed by atoms with E-state index in [4.69, 9.17) is 5.73 Å². The second-order valence-electron chi connectivity index (χ2n) is 4.98. The molecule has 0 unspecified atom stereocenters. The Morgan fingerprint density at radius 2 is 2.05 bits per heavy atom. The second-order valence-corrected chi connectivity index (χ2v) is 4.98. The van der Waals surface area contributed by atoms with E-state index in [1.165, 1.54) is 0 Å². The maximum absolute atomic E-state index is 12.3. The maximum atomic E-state index is 12.3. The summed E-state index contributed by atoms with van der Waals surface area (Å²) >= 11 is 0. The average Bonchev–Trinajstić information content (AvgIpc) is 2.79. The van der Waals surface area contributed by atoms with Crippen LogP contribution in [0.2, 0.25) is 0 Å². The average molecular weight is 299 g/mol. The summed E-state index contributed by atoms with van der Waals surface area (Å²) in [6.07, 6.45) is -2.52. The predicted molar refractivity (Wildman–Crippen MR) is 73.7 cm³/mol. The Bertz CT molecular complexity index is 636. The summed E-state index contributed by atoms with van der Waals surface area (Å²) in [4.78, 5) is 15.5. The minimum absolute atomic E-state index is 0.186. The molecule has 114 valence electrons. The zero-order valence-corrected chi connectivity index (χ0v) is 11.4. The molecule has 0 aliphatic heterocycles. The lowest BCUT2D eigenvalue weighted by Crippen LogP contribution is -2.46. The highest BCUT2D eigenvalue weighted by molar-refractivity contribution is 5.86. The van der Waals surface area contributed by atoms with E-state index in [-0.39, 0.29) is 6.42 Å². The molecule has 7 heteroatoms. The smallest absolute Gasteiger partial charge is 0.361 e. The molecule has 0 bridgehead atoms. The van der Waals surface area contributed by atoms with E-state index < -0.39 is 24.7 Å².